The predicted octanol–water partition coefficient (Wildman–Crippen LogP) is -4.50. The largest absolute Gasteiger partial charge is 1.00 e. The molecule has 0 saturated carbocycles. The van der Waals surface area contributed by atoms with Gasteiger partial charge in [-0.05, 0) is 26.3 Å². The SMILES string of the molecule is CC[P+](CC)(CC)Cc1ccccc1.[F-].[F-].[F-].[H+].[H+]. The van der Waals surface area contributed by atoms with Crippen LogP contribution in [0, 0.1) is 0 Å². The van der Waals surface area contributed by atoms with Crippen LogP contribution in [0.25, 0.3) is 0 Å². The topological polar surface area (TPSA) is 0 Å². The molecule has 0 nitrogen and oxygen atoms in total. The van der Waals surface area contributed by atoms with Gasteiger partial charge in [-0.3, -0.25) is 0 Å². The number of halogens is 3. The van der Waals surface area contributed by atoms with Crippen LogP contribution in [-0.4, -0.2) is 18.5 Å². The molecule has 1 aromatic carbocycles. The molecule has 0 saturated heterocycles. The average Bonchev–Trinajstić information content (AvgIpc) is 2.28. The van der Waals surface area contributed by atoms with Crippen molar-refractivity contribution in [3.8, 4) is 0 Å². The second-order valence-electron chi connectivity index (χ2n) is 3.93. The molecular formula is C13H24F3P. The first-order valence-electron chi connectivity index (χ1n) is 5.65. The zero-order valence-electron chi connectivity index (χ0n) is 12.8. The van der Waals surface area contributed by atoms with Crippen LogP contribution >= 0.6 is 7.26 Å². The third-order valence-electron chi connectivity index (χ3n) is 3.37. The highest BCUT2D eigenvalue weighted by molar-refractivity contribution is 7.75. The third kappa shape index (κ3) is 6.07. The van der Waals surface area contributed by atoms with Crippen molar-refractivity contribution in [3.05, 3.63) is 35.9 Å². The maximum Gasteiger partial charge on any atom is 1.00 e. The highest BCUT2D eigenvalue weighted by atomic mass is 31.2. The van der Waals surface area contributed by atoms with E-state index >= 15 is 0 Å². The Bertz CT molecular complexity index is 262. The zero-order chi connectivity index (χ0) is 10.4. The normalized spacial score (nSPS) is 9.59. The van der Waals surface area contributed by atoms with Crippen LogP contribution < -0.4 is 14.1 Å². The van der Waals surface area contributed by atoms with Gasteiger partial charge in [-0.15, -0.1) is 0 Å². The Balaban J connectivity index is -0.000000131. The Kier molecular flexibility index (Phi) is 13.5. The number of benzene rings is 1. The molecular weight excluding hydrogens is 244 g/mol. The Hall–Kier alpha value is -0.560. The second-order valence-corrected chi connectivity index (χ2v) is 8.83. The molecule has 0 aliphatic rings. The molecule has 17 heavy (non-hydrogen) atoms. The van der Waals surface area contributed by atoms with Crippen molar-refractivity contribution in [1.29, 1.82) is 0 Å². The fraction of sp³-hybridized carbons (Fsp3) is 0.538. The molecule has 0 fully saturated rings. The van der Waals surface area contributed by atoms with Crippen LogP contribution in [0.5, 0.6) is 0 Å². The maximum absolute atomic E-state index is 2.36. The van der Waals surface area contributed by atoms with E-state index in [-0.39, 0.29) is 17.0 Å². The molecule has 0 aromatic heterocycles. The lowest BCUT2D eigenvalue weighted by atomic mass is 10.2. The minimum absolute atomic E-state index is 0. The van der Waals surface area contributed by atoms with Crippen molar-refractivity contribution in [2.45, 2.75) is 26.9 Å². The van der Waals surface area contributed by atoms with Crippen LogP contribution in [0.2, 0.25) is 0 Å². The minimum atomic E-state index is -0.661. The van der Waals surface area contributed by atoms with Crippen molar-refractivity contribution in [3.63, 3.8) is 0 Å². The predicted molar refractivity (Wildman–Crippen MR) is 70.9 cm³/mol. The van der Waals surface area contributed by atoms with Gasteiger partial charge in [-0.25, -0.2) is 0 Å². The van der Waals surface area contributed by atoms with E-state index in [4.69, 9.17) is 0 Å². The first-order valence-corrected chi connectivity index (χ1v) is 8.18. The van der Waals surface area contributed by atoms with E-state index in [0.717, 1.165) is 0 Å². The highest BCUT2D eigenvalue weighted by Gasteiger charge is 2.30. The summed E-state index contributed by atoms with van der Waals surface area (Å²) in [5.74, 6) is 0. The summed E-state index contributed by atoms with van der Waals surface area (Å²) < 4.78 is 0. The van der Waals surface area contributed by atoms with E-state index in [0.29, 0.717) is 0 Å². The molecule has 0 atom stereocenters. The number of hydrogen-bond donors (Lipinski definition) is 0. The summed E-state index contributed by atoms with van der Waals surface area (Å²) in [6.07, 6.45) is 5.54. The first-order chi connectivity index (χ1) is 6.76. The Labute approximate surface area is 106 Å². The van der Waals surface area contributed by atoms with Gasteiger partial charge < -0.3 is 14.1 Å². The van der Waals surface area contributed by atoms with Gasteiger partial charge in [0, 0.05) is 7.26 Å². The zero-order valence-corrected chi connectivity index (χ0v) is 11.7. The molecule has 0 N–H and O–H groups in total. The quantitative estimate of drug-likeness (QED) is 0.472. The summed E-state index contributed by atoms with van der Waals surface area (Å²) in [4.78, 5) is 0. The van der Waals surface area contributed by atoms with Crippen molar-refractivity contribution >= 4 is 7.26 Å². The van der Waals surface area contributed by atoms with Crippen LogP contribution in [0.3, 0.4) is 0 Å². The van der Waals surface area contributed by atoms with E-state index in [1.165, 1.54) is 30.2 Å². The highest BCUT2D eigenvalue weighted by Crippen LogP contribution is 2.60. The Morgan fingerprint density at radius 3 is 1.59 bits per heavy atom. The standard InChI is InChI=1S/C13H22P.3FH/c1-4-14(5-2,6-3)12-13-10-8-7-9-11-13;;;/h7-11H,4-6,12H2,1-3H3;3*1H/q+1;;;/p-1. The van der Waals surface area contributed by atoms with Gasteiger partial charge in [0.2, 0.25) is 0 Å². The summed E-state index contributed by atoms with van der Waals surface area (Å²) in [5.41, 5.74) is 1.53. The number of rotatable bonds is 5. The van der Waals surface area contributed by atoms with Gasteiger partial charge >= 0.3 is 2.85 Å². The minimum Gasteiger partial charge on any atom is -1.00 e. The van der Waals surface area contributed by atoms with E-state index in [1.807, 2.05) is 0 Å². The molecule has 4 heteroatoms. The molecule has 0 aliphatic heterocycles. The fourth-order valence-corrected chi connectivity index (χ4v) is 4.97. The van der Waals surface area contributed by atoms with E-state index in [2.05, 4.69) is 51.1 Å². The number of hydrogen-bond acceptors (Lipinski definition) is 0. The van der Waals surface area contributed by atoms with Gasteiger partial charge in [0.1, 0.15) is 0 Å². The lowest BCUT2D eigenvalue weighted by molar-refractivity contribution is -0.00100. The van der Waals surface area contributed by atoms with E-state index < -0.39 is 7.26 Å². The molecule has 0 spiro atoms. The lowest BCUT2D eigenvalue weighted by Crippen LogP contribution is -3.00. The summed E-state index contributed by atoms with van der Waals surface area (Å²) in [6, 6.07) is 11.0. The van der Waals surface area contributed by atoms with Gasteiger partial charge in [0.05, 0.1) is 24.6 Å². The molecule has 0 heterocycles. The molecule has 102 valence electrons. The molecule has 1 rings (SSSR count). The monoisotopic (exact) mass is 268 g/mol. The van der Waals surface area contributed by atoms with Crippen molar-refractivity contribution in [2.75, 3.05) is 18.5 Å². The fourth-order valence-electron chi connectivity index (χ4n) is 1.98. The van der Waals surface area contributed by atoms with Crippen molar-refractivity contribution in [2.24, 2.45) is 0 Å². The first kappa shape index (κ1) is 21.7. The van der Waals surface area contributed by atoms with Gasteiger partial charge in [0.25, 0.3) is 0 Å². The molecule has 0 unspecified atom stereocenters. The molecule has 0 bridgehead atoms. The van der Waals surface area contributed by atoms with Crippen LogP contribution in [0.1, 0.15) is 29.2 Å². The third-order valence-corrected chi connectivity index (χ3v) is 8.43. The van der Waals surface area contributed by atoms with Crippen molar-refractivity contribution in [1.82, 2.24) is 0 Å². The Morgan fingerprint density at radius 2 is 1.24 bits per heavy atom. The molecule has 0 radical (unpaired) electrons. The Morgan fingerprint density at radius 1 is 0.824 bits per heavy atom. The average molecular weight is 268 g/mol. The second kappa shape index (κ2) is 10.6. The lowest BCUT2D eigenvalue weighted by Gasteiger charge is -2.23. The summed E-state index contributed by atoms with van der Waals surface area (Å²) in [5, 5.41) is 0. The van der Waals surface area contributed by atoms with Crippen LogP contribution in [0.15, 0.2) is 30.3 Å². The van der Waals surface area contributed by atoms with Crippen molar-refractivity contribution < 1.29 is 17.0 Å². The van der Waals surface area contributed by atoms with Gasteiger partial charge in [0.15, 0.2) is 0 Å². The molecule has 1 aromatic rings. The molecule has 0 aliphatic carbocycles. The molecule has 0 amide bonds. The smallest absolute Gasteiger partial charge is 1.00 e. The maximum atomic E-state index is 2.36. The van der Waals surface area contributed by atoms with Crippen LogP contribution in [0.4, 0.5) is 0 Å². The van der Waals surface area contributed by atoms with E-state index in [1.54, 1.807) is 0 Å². The summed E-state index contributed by atoms with van der Waals surface area (Å²) >= 11 is 0. The summed E-state index contributed by atoms with van der Waals surface area (Å²) in [7, 11) is -0.661. The van der Waals surface area contributed by atoms with E-state index in [9.17, 15) is 0 Å². The van der Waals surface area contributed by atoms with Gasteiger partial charge in [-0.2, -0.15) is 0 Å². The van der Waals surface area contributed by atoms with Gasteiger partial charge in [-0.1, -0.05) is 30.3 Å². The summed E-state index contributed by atoms with van der Waals surface area (Å²) in [6.45, 7) is 7.09. The van der Waals surface area contributed by atoms with Crippen LogP contribution in [-0.2, 0) is 6.16 Å².